The predicted molar refractivity (Wildman–Crippen MR) is 61.8 cm³/mol. The highest BCUT2D eigenvalue weighted by Gasteiger charge is 2.38. The fourth-order valence-electron chi connectivity index (χ4n) is 2.58. The van der Waals surface area contributed by atoms with Crippen LogP contribution < -0.4 is 5.32 Å². The predicted octanol–water partition coefficient (Wildman–Crippen LogP) is 2.24. The van der Waals surface area contributed by atoms with E-state index in [1.807, 2.05) is 0 Å². The molecule has 0 unspecified atom stereocenters. The third-order valence-electron chi connectivity index (χ3n) is 3.38. The van der Waals surface area contributed by atoms with Crippen LogP contribution in [0.25, 0.3) is 11.1 Å². The second-order valence-corrected chi connectivity index (χ2v) is 4.61. The Morgan fingerprint density at radius 3 is 2.53 bits per heavy atom. The summed E-state index contributed by atoms with van der Waals surface area (Å²) in [5.74, 6) is 0. The monoisotopic (exact) mass is 271 g/mol. The molecule has 4 nitrogen and oxygen atoms in total. The van der Waals surface area contributed by atoms with E-state index in [0.717, 1.165) is 0 Å². The van der Waals surface area contributed by atoms with Gasteiger partial charge in [-0.1, -0.05) is 5.16 Å². The zero-order valence-electron chi connectivity index (χ0n) is 10.3. The van der Waals surface area contributed by atoms with Crippen LogP contribution in [0.3, 0.4) is 0 Å². The number of alkyl halides is 3. The molecule has 2 aromatic rings. The van der Waals surface area contributed by atoms with Crippen molar-refractivity contribution in [1.29, 1.82) is 0 Å². The van der Waals surface area contributed by atoms with Crippen molar-refractivity contribution in [3.8, 4) is 0 Å². The van der Waals surface area contributed by atoms with Gasteiger partial charge in [0.1, 0.15) is 0 Å². The fourth-order valence-corrected chi connectivity index (χ4v) is 2.58. The van der Waals surface area contributed by atoms with E-state index in [1.54, 1.807) is 6.92 Å². The summed E-state index contributed by atoms with van der Waals surface area (Å²) >= 11 is 0. The first-order valence-corrected chi connectivity index (χ1v) is 6.04. The van der Waals surface area contributed by atoms with E-state index in [-0.39, 0.29) is 11.3 Å². The molecular formula is C12H12F3N3O. The lowest BCUT2D eigenvalue weighted by Gasteiger charge is -2.14. The largest absolute Gasteiger partial charge is 0.433 e. The van der Waals surface area contributed by atoms with Crippen molar-refractivity contribution < 1.29 is 17.7 Å². The van der Waals surface area contributed by atoms with Gasteiger partial charge < -0.3 is 9.84 Å². The minimum Gasteiger partial charge on any atom is -0.336 e. The van der Waals surface area contributed by atoms with E-state index in [4.69, 9.17) is 4.52 Å². The van der Waals surface area contributed by atoms with E-state index >= 15 is 0 Å². The minimum atomic E-state index is -4.47. The third kappa shape index (κ3) is 1.98. The van der Waals surface area contributed by atoms with Crippen LogP contribution >= 0.6 is 0 Å². The minimum absolute atomic E-state index is 0.0227. The molecule has 0 amide bonds. The molecule has 0 saturated heterocycles. The second kappa shape index (κ2) is 4.19. The van der Waals surface area contributed by atoms with E-state index in [9.17, 15) is 13.2 Å². The summed E-state index contributed by atoms with van der Waals surface area (Å²) in [6.45, 7) is 2.89. The highest BCUT2D eigenvalue weighted by Crippen LogP contribution is 2.36. The van der Waals surface area contributed by atoms with Crippen LogP contribution in [0.5, 0.6) is 0 Å². The number of aromatic nitrogens is 2. The van der Waals surface area contributed by atoms with Gasteiger partial charge in [-0.25, -0.2) is 4.98 Å². The Balaban J connectivity index is 2.36. The number of nitrogens with one attached hydrogen (secondary N) is 1. The molecule has 19 heavy (non-hydrogen) atoms. The van der Waals surface area contributed by atoms with Crippen LogP contribution in [0.2, 0.25) is 0 Å². The summed E-state index contributed by atoms with van der Waals surface area (Å²) in [5.41, 5.74) is 0.673. The molecule has 0 aromatic carbocycles. The number of fused-ring (bicyclic) bond motifs is 3. The summed E-state index contributed by atoms with van der Waals surface area (Å²) < 4.78 is 44.2. The van der Waals surface area contributed by atoms with Crippen molar-refractivity contribution in [2.75, 3.05) is 13.1 Å². The molecule has 0 radical (unpaired) electrons. The molecule has 1 aliphatic heterocycles. The molecule has 0 aliphatic carbocycles. The average Bonchev–Trinajstić information content (AvgIpc) is 2.58. The van der Waals surface area contributed by atoms with Gasteiger partial charge >= 0.3 is 6.18 Å². The highest BCUT2D eigenvalue weighted by atomic mass is 19.4. The van der Waals surface area contributed by atoms with Crippen molar-refractivity contribution in [3.63, 3.8) is 0 Å². The van der Waals surface area contributed by atoms with Crippen LogP contribution in [0.15, 0.2) is 4.52 Å². The summed E-state index contributed by atoms with van der Waals surface area (Å²) in [4.78, 5) is 3.64. The molecule has 0 bridgehead atoms. The first-order valence-electron chi connectivity index (χ1n) is 6.04. The molecule has 3 heterocycles. The smallest absolute Gasteiger partial charge is 0.336 e. The Bertz CT molecular complexity index is 633. The van der Waals surface area contributed by atoms with Crippen LogP contribution in [0.1, 0.15) is 22.5 Å². The van der Waals surface area contributed by atoms with E-state index < -0.39 is 11.9 Å². The third-order valence-corrected chi connectivity index (χ3v) is 3.38. The molecular weight excluding hydrogens is 259 g/mol. The molecule has 0 spiro atoms. The number of rotatable bonds is 0. The Kier molecular flexibility index (Phi) is 2.74. The van der Waals surface area contributed by atoms with Gasteiger partial charge in [0.15, 0.2) is 5.69 Å². The quantitative estimate of drug-likeness (QED) is 0.798. The maximum atomic E-state index is 13.1. The number of aryl methyl sites for hydroxylation is 1. The van der Waals surface area contributed by atoms with Gasteiger partial charge in [-0.3, -0.25) is 0 Å². The van der Waals surface area contributed by atoms with Gasteiger partial charge in [0.25, 0.3) is 5.71 Å². The van der Waals surface area contributed by atoms with Crippen molar-refractivity contribution in [1.82, 2.24) is 15.5 Å². The van der Waals surface area contributed by atoms with Crippen molar-refractivity contribution in [2.24, 2.45) is 0 Å². The summed E-state index contributed by atoms with van der Waals surface area (Å²) in [7, 11) is 0. The van der Waals surface area contributed by atoms with Gasteiger partial charge in [-0.2, -0.15) is 13.2 Å². The summed E-state index contributed by atoms with van der Waals surface area (Å²) in [6, 6.07) is 0. The van der Waals surface area contributed by atoms with Crippen molar-refractivity contribution in [3.05, 3.63) is 22.5 Å². The second-order valence-electron chi connectivity index (χ2n) is 4.61. The SMILES string of the molecule is Cc1noc2nc(C(F)(F)F)c3c(c12)CCNCC3. The molecule has 0 atom stereocenters. The molecule has 102 valence electrons. The van der Waals surface area contributed by atoms with Gasteiger partial charge in [0.05, 0.1) is 11.1 Å². The standard InChI is InChI=1S/C12H12F3N3O/c1-6-9-7-2-4-16-5-3-8(7)10(12(13,14)15)17-11(9)19-18-6/h16H,2-5H2,1H3. The average molecular weight is 271 g/mol. The molecule has 1 N–H and O–H groups in total. The molecule has 0 fully saturated rings. The normalized spacial score (nSPS) is 16.4. The lowest BCUT2D eigenvalue weighted by Crippen LogP contribution is -2.17. The Labute approximate surface area is 107 Å². The van der Waals surface area contributed by atoms with Crippen LogP contribution in [0, 0.1) is 6.92 Å². The Hall–Kier alpha value is -1.63. The van der Waals surface area contributed by atoms with Crippen molar-refractivity contribution in [2.45, 2.75) is 25.9 Å². The molecule has 7 heteroatoms. The lowest BCUT2D eigenvalue weighted by molar-refractivity contribution is -0.141. The number of pyridine rings is 1. The fraction of sp³-hybridized carbons (Fsp3) is 0.500. The number of hydrogen-bond donors (Lipinski definition) is 1. The van der Waals surface area contributed by atoms with Gasteiger partial charge in [0.2, 0.25) is 0 Å². The molecule has 3 rings (SSSR count). The maximum absolute atomic E-state index is 13.1. The van der Waals surface area contributed by atoms with Gasteiger partial charge in [0, 0.05) is 0 Å². The van der Waals surface area contributed by atoms with Crippen LogP contribution in [-0.2, 0) is 19.0 Å². The van der Waals surface area contributed by atoms with Crippen LogP contribution in [-0.4, -0.2) is 23.2 Å². The summed E-state index contributed by atoms with van der Waals surface area (Å²) in [5, 5.41) is 7.47. The zero-order chi connectivity index (χ0) is 13.6. The molecule has 1 aliphatic rings. The van der Waals surface area contributed by atoms with Gasteiger partial charge in [-0.05, 0) is 44.0 Å². The number of hydrogen-bond acceptors (Lipinski definition) is 4. The number of halogens is 3. The van der Waals surface area contributed by atoms with E-state index in [2.05, 4.69) is 15.5 Å². The highest BCUT2D eigenvalue weighted by molar-refractivity contribution is 5.82. The van der Waals surface area contributed by atoms with E-state index in [1.165, 1.54) is 0 Å². The number of nitrogens with zero attached hydrogens (tertiary/aromatic N) is 2. The van der Waals surface area contributed by atoms with Gasteiger partial charge in [-0.15, -0.1) is 0 Å². The van der Waals surface area contributed by atoms with Crippen LogP contribution in [0.4, 0.5) is 13.2 Å². The van der Waals surface area contributed by atoms with E-state index in [0.29, 0.717) is 42.6 Å². The Morgan fingerprint density at radius 2 is 1.84 bits per heavy atom. The van der Waals surface area contributed by atoms with Crippen molar-refractivity contribution >= 4 is 11.1 Å². The molecule has 0 saturated carbocycles. The summed E-state index contributed by atoms with van der Waals surface area (Å²) in [6.07, 6.45) is -3.62. The topological polar surface area (TPSA) is 51.0 Å². The first kappa shape index (κ1) is 12.4. The molecule has 2 aromatic heterocycles. The zero-order valence-corrected chi connectivity index (χ0v) is 10.3. The first-order chi connectivity index (χ1) is 8.98. The maximum Gasteiger partial charge on any atom is 0.433 e. The lowest BCUT2D eigenvalue weighted by atomic mass is 9.97. The Morgan fingerprint density at radius 1 is 1.16 bits per heavy atom.